The Hall–Kier alpha value is -4.47. The molecule has 0 radical (unpaired) electrons. The summed E-state index contributed by atoms with van der Waals surface area (Å²) < 4.78 is 16.3. The van der Waals surface area contributed by atoms with E-state index in [2.05, 4.69) is 10.6 Å². The van der Waals surface area contributed by atoms with E-state index in [1.807, 2.05) is 6.07 Å². The lowest BCUT2D eigenvalue weighted by Crippen LogP contribution is -2.35. The van der Waals surface area contributed by atoms with Gasteiger partial charge in [-0.05, 0) is 81.3 Å². The Labute approximate surface area is 244 Å². The second-order valence-corrected chi connectivity index (χ2v) is 11.3. The zero-order valence-corrected chi connectivity index (χ0v) is 24.4. The number of anilines is 4. The van der Waals surface area contributed by atoms with Crippen molar-refractivity contribution in [1.82, 2.24) is 14.8 Å². The number of amides is 3. The number of hydrogen-bond acceptors (Lipinski definition) is 5. The van der Waals surface area contributed by atoms with Crippen LogP contribution in [-0.2, 0) is 23.1 Å². The molecule has 5 rings (SSSR count). The number of pyridine rings is 1. The minimum atomic E-state index is -0.538. The fourth-order valence-electron chi connectivity index (χ4n) is 5.11. The van der Waals surface area contributed by atoms with Crippen LogP contribution in [0, 0.1) is 19.7 Å². The van der Waals surface area contributed by atoms with Gasteiger partial charge >= 0.3 is 0 Å². The van der Waals surface area contributed by atoms with Gasteiger partial charge in [-0.1, -0.05) is 18.2 Å². The van der Waals surface area contributed by atoms with Crippen LogP contribution >= 0.6 is 0 Å². The van der Waals surface area contributed by atoms with Gasteiger partial charge in [-0.3, -0.25) is 28.6 Å². The molecule has 1 heterocycles. The second-order valence-electron chi connectivity index (χ2n) is 11.3. The molecular formula is C32H36FN5O4. The van der Waals surface area contributed by atoms with Gasteiger partial charge in [0.1, 0.15) is 17.2 Å². The van der Waals surface area contributed by atoms with Gasteiger partial charge in [-0.2, -0.15) is 0 Å². The fourth-order valence-corrected chi connectivity index (χ4v) is 5.11. The Morgan fingerprint density at radius 2 is 1.83 bits per heavy atom. The van der Waals surface area contributed by atoms with Crippen LogP contribution in [0.3, 0.4) is 0 Å². The van der Waals surface area contributed by atoms with Gasteiger partial charge in [0.25, 0.3) is 11.5 Å². The van der Waals surface area contributed by atoms with Gasteiger partial charge in [0.15, 0.2) is 0 Å². The number of benzene rings is 2. The van der Waals surface area contributed by atoms with Crippen molar-refractivity contribution < 1.29 is 18.8 Å². The Kier molecular flexibility index (Phi) is 8.15. The van der Waals surface area contributed by atoms with E-state index < -0.39 is 11.4 Å². The molecule has 220 valence electrons. The third-order valence-electron chi connectivity index (χ3n) is 7.91. The summed E-state index contributed by atoms with van der Waals surface area (Å²) in [7, 11) is 3.21. The number of aromatic nitrogens is 1. The maximum Gasteiger partial charge on any atom is 0.259 e. The molecule has 2 saturated carbocycles. The van der Waals surface area contributed by atoms with Crippen LogP contribution in [0.15, 0.2) is 47.3 Å². The van der Waals surface area contributed by atoms with Gasteiger partial charge in [0.05, 0.1) is 11.4 Å². The van der Waals surface area contributed by atoms with Crippen molar-refractivity contribution in [3.63, 3.8) is 0 Å². The van der Waals surface area contributed by atoms with Crippen LogP contribution in [0.4, 0.5) is 27.3 Å². The molecule has 2 aromatic carbocycles. The third-order valence-corrected chi connectivity index (χ3v) is 7.91. The Balaban J connectivity index is 1.60. The van der Waals surface area contributed by atoms with Crippen LogP contribution in [0.1, 0.15) is 59.2 Å². The van der Waals surface area contributed by atoms with Crippen molar-refractivity contribution in [3.05, 3.63) is 80.9 Å². The lowest BCUT2D eigenvalue weighted by Gasteiger charge is -2.28. The minimum absolute atomic E-state index is 0.0207. The van der Waals surface area contributed by atoms with E-state index in [0.29, 0.717) is 24.9 Å². The number of aryl methyl sites for hydroxylation is 2. The van der Waals surface area contributed by atoms with Crippen LogP contribution in [0.2, 0.25) is 0 Å². The summed E-state index contributed by atoms with van der Waals surface area (Å²) in [5.41, 5.74) is 2.06. The Morgan fingerprint density at radius 3 is 2.48 bits per heavy atom. The highest BCUT2D eigenvalue weighted by atomic mass is 19.1. The first-order valence-electron chi connectivity index (χ1n) is 14.3. The summed E-state index contributed by atoms with van der Waals surface area (Å²) in [6, 6.07) is 12.1. The first-order chi connectivity index (χ1) is 20.1. The molecule has 10 heteroatoms. The first kappa shape index (κ1) is 29.0. The van der Waals surface area contributed by atoms with E-state index in [1.54, 1.807) is 56.1 Å². The smallest absolute Gasteiger partial charge is 0.259 e. The SMILES string of the molecule is Cc1ccc(Nc2c(C(=O)N(C)C3CC3)c(N(C=O)c3cccc(CCC(=O)NC4CC4)c3)c(C)c(=O)n2C)c(F)c1. The van der Waals surface area contributed by atoms with E-state index in [9.17, 15) is 23.6 Å². The van der Waals surface area contributed by atoms with Crippen molar-refractivity contribution in [1.29, 1.82) is 0 Å². The van der Waals surface area contributed by atoms with E-state index in [-0.39, 0.29) is 52.2 Å². The Morgan fingerprint density at radius 1 is 1.10 bits per heavy atom. The molecular weight excluding hydrogens is 537 g/mol. The summed E-state index contributed by atoms with van der Waals surface area (Å²) in [5.74, 6) is -0.863. The fraction of sp³-hybridized carbons (Fsp3) is 0.375. The summed E-state index contributed by atoms with van der Waals surface area (Å²) >= 11 is 0. The topological polar surface area (TPSA) is 104 Å². The first-order valence-corrected chi connectivity index (χ1v) is 14.3. The minimum Gasteiger partial charge on any atom is -0.353 e. The molecule has 2 fully saturated rings. The summed E-state index contributed by atoms with van der Waals surface area (Å²) in [6.07, 6.45) is 5.07. The highest BCUT2D eigenvalue weighted by molar-refractivity contribution is 6.09. The van der Waals surface area contributed by atoms with Crippen LogP contribution < -0.4 is 21.1 Å². The van der Waals surface area contributed by atoms with Gasteiger partial charge in [0, 0.05) is 43.9 Å². The van der Waals surface area contributed by atoms with Crippen LogP contribution in [0.5, 0.6) is 0 Å². The molecule has 42 heavy (non-hydrogen) atoms. The zero-order chi connectivity index (χ0) is 30.1. The highest BCUT2D eigenvalue weighted by Gasteiger charge is 2.35. The molecule has 9 nitrogen and oxygen atoms in total. The molecule has 1 aromatic heterocycles. The molecule has 0 saturated heterocycles. The second kappa shape index (κ2) is 11.8. The normalized spacial score (nSPS) is 14.3. The largest absolute Gasteiger partial charge is 0.353 e. The highest BCUT2D eigenvalue weighted by Crippen LogP contribution is 2.38. The molecule has 2 aliphatic rings. The average molecular weight is 574 g/mol. The molecule has 0 aliphatic heterocycles. The summed E-state index contributed by atoms with van der Waals surface area (Å²) in [5, 5.41) is 5.97. The van der Waals surface area contributed by atoms with E-state index in [4.69, 9.17) is 0 Å². The number of hydrogen-bond donors (Lipinski definition) is 2. The molecule has 0 atom stereocenters. The van der Waals surface area contributed by atoms with E-state index in [1.165, 1.54) is 22.6 Å². The molecule has 2 N–H and O–H groups in total. The van der Waals surface area contributed by atoms with Gasteiger partial charge in [0.2, 0.25) is 12.3 Å². The van der Waals surface area contributed by atoms with E-state index in [0.717, 1.165) is 36.8 Å². The quantitative estimate of drug-likeness (QED) is 0.326. The number of nitrogens with one attached hydrogen (secondary N) is 2. The van der Waals surface area contributed by atoms with E-state index >= 15 is 0 Å². The van der Waals surface area contributed by atoms with Crippen molar-refractivity contribution in [2.75, 3.05) is 17.3 Å². The van der Waals surface area contributed by atoms with Crippen molar-refractivity contribution in [2.45, 2.75) is 64.5 Å². The van der Waals surface area contributed by atoms with Crippen molar-refractivity contribution in [3.8, 4) is 0 Å². The maximum absolute atomic E-state index is 15.0. The molecule has 2 aliphatic carbocycles. The molecule has 3 aromatic rings. The number of rotatable bonds is 11. The number of carbonyl (C=O) groups excluding carboxylic acids is 3. The van der Waals surface area contributed by atoms with Crippen molar-refractivity contribution >= 4 is 41.1 Å². The predicted octanol–water partition coefficient (Wildman–Crippen LogP) is 4.62. The standard InChI is InChI=1S/C32H36FN5O4/c1-19-8-14-26(25(33)16-19)35-30-28(32(42)36(3)23-12-13-23)29(20(2)31(41)37(30)4)38(18-39)24-7-5-6-21(17-24)9-15-27(40)34-22-10-11-22/h5-8,14,16-18,22-23,35H,9-13,15H2,1-4H3,(H,34,40). The lowest BCUT2D eigenvalue weighted by atomic mass is 10.0. The van der Waals surface area contributed by atoms with Gasteiger partial charge in [-0.25, -0.2) is 4.39 Å². The summed E-state index contributed by atoms with van der Waals surface area (Å²) in [4.78, 5) is 55.5. The zero-order valence-electron chi connectivity index (χ0n) is 24.4. The Bertz CT molecular complexity index is 1610. The van der Waals surface area contributed by atoms with Crippen molar-refractivity contribution in [2.24, 2.45) is 7.05 Å². The average Bonchev–Trinajstić information content (AvgIpc) is 3.90. The van der Waals surface area contributed by atoms with Crippen LogP contribution in [0.25, 0.3) is 0 Å². The molecule has 0 unspecified atom stereocenters. The van der Waals surface area contributed by atoms with Crippen LogP contribution in [-0.4, -0.2) is 46.8 Å². The number of halogens is 1. The predicted molar refractivity (Wildman–Crippen MR) is 160 cm³/mol. The summed E-state index contributed by atoms with van der Waals surface area (Å²) in [6.45, 7) is 3.34. The monoisotopic (exact) mass is 573 g/mol. The van der Waals surface area contributed by atoms with Gasteiger partial charge in [-0.15, -0.1) is 0 Å². The van der Waals surface area contributed by atoms with Gasteiger partial charge < -0.3 is 15.5 Å². The third kappa shape index (κ3) is 6.07. The number of nitrogens with zero attached hydrogens (tertiary/aromatic N) is 3. The molecule has 3 amide bonds. The lowest BCUT2D eigenvalue weighted by molar-refractivity contribution is -0.121. The molecule has 0 spiro atoms. The number of carbonyl (C=O) groups is 3. The molecule has 0 bridgehead atoms. The maximum atomic E-state index is 15.0.